The van der Waals surface area contributed by atoms with E-state index in [0.29, 0.717) is 30.4 Å². The predicted molar refractivity (Wildman–Crippen MR) is 112 cm³/mol. The first kappa shape index (κ1) is 20.8. The molecule has 0 atom stereocenters. The minimum atomic E-state index is -0.733. The lowest BCUT2D eigenvalue weighted by Gasteiger charge is -2.19. The number of benzene rings is 2. The zero-order chi connectivity index (χ0) is 22.7. The van der Waals surface area contributed by atoms with Gasteiger partial charge in [-0.3, -0.25) is 29.6 Å². The molecule has 3 aromatic rings. The number of nitrogens with one attached hydrogen (secondary N) is 2. The van der Waals surface area contributed by atoms with E-state index in [-0.39, 0.29) is 29.6 Å². The van der Waals surface area contributed by atoms with Gasteiger partial charge in [0.15, 0.2) is 11.5 Å². The molecule has 1 aromatic heterocycles. The van der Waals surface area contributed by atoms with E-state index in [0.717, 1.165) is 0 Å². The average Bonchev–Trinajstić information content (AvgIpc) is 2.78. The Balaban J connectivity index is 1.35. The molecule has 4 rings (SSSR count). The first-order valence-corrected chi connectivity index (χ1v) is 9.55. The van der Waals surface area contributed by atoms with Gasteiger partial charge in [0, 0.05) is 36.9 Å². The van der Waals surface area contributed by atoms with E-state index >= 15 is 0 Å². The Bertz CT molecular complexity index is 1290. The van der Waals surface area contributed by atoms with E-state index in [1.54, 1.807) is 18.2 Å². The van der Waals surface area contributed by atoms with Crippen LogP contribution in [0.3, 0.4) is 0 Å². The quantitative estimate of drug-likeness (QED) is 0.451. The molecule has 12 nitrogen and oxygen atoms in total. The number of imide groups is 1. The van der Waals surface area contributed by atoms with Crippen molar-refractivity contribution in [1.29, 1.82) is 0 Å². The fraction of sp³-hybridized carbons (Fsp3) is 0.200. The standard InChI is InChI=1S/C20H17N5O7/c26-18(23-20(28)22-12-1-4-16-17(9-12)32-8-7-31-16)5-6-24-11-21-15-10-13(25(29)30)2-3-14(15)19(24)27/h1-4,9-11H,5-8H2,(H2,22,23,26,28). The summed E-state index contributed by atoms with van der Waals surface area (Å²) in [5.41, 5.74) is -0.0173. The summed E-state index contributed by atoms with van der Waals surface area (Å²) in [6.45, 7) is 0.827. The Morgan fingerprint density at radius 3 is 2.69 bits per heavy atom. The summed E-state index contributed by atoms with van der Waals surface area (Å²) in [4.78, 5) is 51.0. The summed E-state index contributed by atoms with van der Waals surface area (Å²) < 4.78 is 12.0. The van der Waals surface area contributed by atoms with Crippen molar-refractivity contribution in [2.24, 2.45) is 0 Å². The highest BCUT2D eigenvalue weighted by Crippen LogP contribution is 2.32. The lowest BCUT2D eigenvalue weighted by molar-refractivity contribution is -0.384. The van der Waals surface area contributed by atoms with E-state index in [1.807, 2.05) is 0 Å². The van der Waals surface area contributed by atoms with Gasteiger partial charge in [0.1, 0.15) is 13.2 Å². The first-order chi connectivity index (χ1) is 15.4. The topological polar surface area (TPSA) is 155 Å². The van der Waals surface area contributed by atoms with Crippen molar-refractivity contribution < 1.29 is 24.0 Å². The number of nitro benzene ring substituents is 1. The smallest absolute Gasteiger partial charge is 0.325 e. The summed E-state index contributed by atoms with van der Waals surface area (Å²) >= 11 is 0. The predicted octanol–water partition coefficient (Wildman–Crippen LogP) is 1.81. The lowest BCUT2D eigenvalue weighted by atomic mass is 10.2. The summed E-state index contributed by atoms with van der Waals surface area (Å²) in [5, 5.41) is 15.7. The average molecular weight is 439 g/mol. The van der Waals surface area contributed by atoms with Crippen LogP contribution in [-0.4, -0.2) is 39.6 Å². The van der Waals surface area contributed by atoms with Crippen LogP contribution in [0.2, 0.25) is 0 Å². The number of fused-ring (bicyclic) bond motifs is 2. The Hall–Kier alpha value is -4.48. The van der Waals surface area contributed by atoms with Crippen LogP contribution in [0.1, 0.15) is 6.42 Å². The molecule has 0 saturated heterocycles. The number of non-ortho nitro benzene ring substituents is 1. The number of carbonyl (C=O) groups is 2. The number of aryl methyl sites for hydroxylation is 1. The van der Waals surface area contributed by atoms with Crippen molar-refractivity contribution in [3.8, 4) is 11.5 Å². The third-order valence-corrected chi connectivity index (χ3v) is 4.65. The van der Waals surface area contributed by atoms with Crippen LogP contribution in [0.5, 0.6) is 11.5 Å². The van der Waals surface area contributed by atoms with Crippen LogP contribution < -0.4 is 25.7 Å². The molecule has 0 bridgehead atoms. The number of carbonyl (C=O) groups excluding carboxylic acids is 2. The number of ether oxygens (including phenoxy) is 2. The highest BCUT2D eigenvalue weighted by molar-refractivity contribution is 6.01. The normalized spacial score (nSPS) is 12.2. The Morgan fingerprint density at radius 1 is 1.12 bits per heavy atom. The van der Waals surface area contributed by atoms with Crippen molar-refractivity contribution in [3.05, 3.63) is 63.2 Å². The number of hydrogen-bond acceptors (Lipinski definition) is 8. The number of nitrogens with zero attached hydrogens (tertiary/aromatic N) is 3. The molecule has 164 valence electrons. The highest BCUT2D eigenvalue weighted by Gasteiger charge is 2.15. The summed E-state index contributed by atoms with van der Waals surface area (Å²) in [6.07, 6.45) is 1.05. The molecule has 0 saturated carbocycles. The molecule has 1 aliphatic rings. The van der Waals surface area contributed by atoms with Crippen molar-refractivity contribution in [2.45, 2.75) is 13.0 Å². The molecule has 32 heavy (non-hydrogen) atoms. The highest BCUT2D eigenvalue weighted by atomic mass is 16.6. The zero-order valence-corrected chi connectivity index (χ0v) is 16.6. The van der Waals surface area contributed by atoms with Crippen LogP contribution in [-0.2, 0) is 11.3 Å². The molecular formula is C20H17N5O7. The Labute approximate surface area is 179 Å². The number of urea groups is 1. The van der Waals surface area contributed by atoms with Gasteiger partial charge in [-0.1, -0.05) is 0 Å². The van der Waals surface area contributed by atoms with Crippen LogP contribution in [0.15, 0.2) is 47.5 Å². The molecular weight excluding hydrogens is 422 g/mol. The van der Waals surface area contributed by atoms with E-state index in [4.69, 9.17) is 9.47 Å². The molecule has 0 radical (unpaired) electrons. The minimum absolute atomic E-state index is 0.0259. The zero-order valence-electron chi connectivity index (χ0n) is 16.6. The van der Waals surface area contributed by atoms with E-state index in [1.165, 1.54) is 29.1 Å². The molecule has 0 spiro atoms. The molecule has 0 fully saturated rings. The number of amides is 3. The number of hydrogen-bond donors (Lipinski definition) is 2. The lowest BCUT2D eigenvalue weighted by Crippen LogP contribution is -2.35. The van der Waals surface area contributed by atoms with Gasteiger partial charge >= 0.3 is 6.03 Å². The molecule has 2 aromatic carbocycles. The van der Waals surface area contributed by atoms with Crippen LogP contribution in [0, 0.1) is 10.1 Å². The number of aromatic nitrogens is 2. The van der Waals surface area contributed by atoms with Crippen LogP contribution >= 0.6 is 0 Å². The van der Waals surface area contributed by atoms with Gasteiger partial charge in [-0.2, -0.15) is 0 Å². The van der Waals surface area contributed by atoms with Gasteiger partial charge < -0.3 is 14.8 Å². The molecule has 2 N–H and O–H groups in total. The third-order valence-electron chi connectivity index (χ3n) is 4.65. The van der Waals surface area contributed by atoms with Crippen molar-refractivity contribution >= 4 is 34.2 Å². The monoisotopic (exact) mass is 439 g/mol. The van der Waals surface area contributed by atoms with Crippen LogP contribution in [0.4, 0.5) is 16.2 Å². The van der Waals surface area contributed by atoms with Gasteiger partial charge in [0.2, 0.25) is 5.91 Å². The summed E-state index contributed by atoms with van der Waals surface area (Å²) in [6, 6.07) is 7.86. The maximum Gasteiger partial charge on any atom is 0.325 e. The van der Waals surface area contributed by atoms with E-state index in [9.17, 15) is 24.5 Å². The first-order valence-electron chi connectivity index (χ1n) is 9.55. The Morgan fingerprint density at radius 2 is 1.91 bits per heavy atom. The van der Waals surface area contributed by atoms with Crippen molar-refractivity contribution in [2.75, 3.05) is 18.5 Å². The second-order valence-electron chi connectivity index (χ2n) is 6.81. The molecule has 0 unspecified atom stereocenters. The van der Waals surface area contributed by atoms with Gasteiger partial charge in [0.25, 0.3) is 11.2 Å². The maximum absolute atomic E-state index is 12.5. The van der Waals surface area contributed by atoms with E-state index in [2.05, 4.69) is 15.6 Å². The molecule has 2 heterocycles. The fourth-order valence-corrected chi connectivity index (χ4v) is 3.11. The number of rotatable bonds is 5. The number of anilines is 1. The molecule has 12 heteroatoms. The third kappa shape index (κ3) is 4.48. The second-order valence-corrected chi connectivity index (χ2v) is 6.81. The van der Waals surface area contributed by atoms with Crippen molar-refractivity contribution in [1.82, 2.24) is 14.9 Å². The maximum atomic E-state index is 12.5. The van der Waals surface area contributed by atoms with Gasteiger partial charge in [-0.05, 0) is 18.2 Å². The molecule has 1 aliphatic heterocycles. The fourth-order valence-electron chi connectivity index (χ4n) is 3.11. The van der Waals surface area contributed by atoms with Crippen LogP contribution in [0.25, 0.3) is 10.9 Å². The molecule has 0 aliphatic carbocycles. The van der Waals surface area contributed by atoms with Crippen molar-refractivity contribution in [3.63, 3.8) is 0 Å². The summed E-state index contributed by atoms with van der Waals surface area (Å²) in [7, 11) is 0. The van der Waals surface area contributed by atoms with Gasteiger partial charge in [0.05, 0.1) is 22.2 Å². The summed E-state index contributed by atoms with van der Waals surface area (Å²) in [5.74, 6) is 0.465. The van der Waals surface area contributed by atoms with Gasteiger partial charge in [-0.15, -0.1) is 0 Å². The minimum Gasteiger partial charge on any atom is -0.486 e. The SMILES string of the molecule is O=C(CCn1cnc2cc([N+](=O)[O-])ccc2c1=O)NC(=O)Nc1ccc2c(c1)OCCO2. The van der Waals surface area contributed by atoms with E-state index < -0.39 is 22.4 Å². The number of nitro groups is 1. The molecule has 3 amide bonds. The second kappa shape index (κ2) is 8.71. The largest absolute Gasteiger partial charge is 0.486 e. The Kier molecular flexibility index (Phi) is 5.66. The van der Waals surface area contributed by atoms with Gasteiger partial charge in [-0.25, -0.2) is 9.78 Å².